The Kier molecular flexibility index (Phi) is 9.70. The largest absolute Gasteiger partial charge is 0.446 e. The van der Waals surface area contributed by atoms with E-state index in [-0.39, 0.29) is 24.2 Å². The first kappa shape index (κ1) is 28.9. The second kappa shape index (κ2) is 12.4. The normalized spacial score (nSPS) is 37.8. The topological polar surface area (TPSA) is 67.8 Å². The van der Waals surface area contributed by atoms with Crippen molar-refractivity contribution in [2.45, 2.75) is 111 Å². The molecule has 6 unspecified atom stereocenters. The molecular formula is C32H55NO4. The van der Waals surface area contributed by atoms with Crippen molar-refractivity contribution in [3.63, 3.8) is 0 Å². The molecule has 3 saturated carbocycles. The molecule has 212 valence electrons. The lowest BCUT2D eigenvalue weighted by Crippen LogP contribution is -2.51. The van der Waals surface area contributed by atoms with E-state index in [4.69, 9.17) is 14.6 Å². The van der Waals surface area contributed by atoms with E-state index in [9.17, 15) is 4.79 Å². The zero-order valence-electron chi connectivity index (χ0n) is 24.4. The van der Waals surface area contributed by atoms with Gasteiger partial charge in [-0.05, 0) is 91.3 Å². The molecule has 0 saturated heterocycles. The first-order chi connectivity index (χ1) is 17.7. The number of rotatable bonds is 11. The summed E-state index contributed by atoms with van der Waals surface area (Å²) >= 11 is 0. The van der Waals surface area contributed by atoms with Gasteiger partial charge in [0.25, 0.3) is 0 Å². The Balaban J connectivity index is 1.34. The molecule has 0 spiro atoms. The molecule has 8 atom stereocenters. The molecule has 3 fully saturated rings. The van der Waals surface area contributed by atoms with Crippen LogP contribution in [0.25, 0.3) is 0 Å². The summed E-state index contributed by atoms with van der Waals surface area (Å²) in [6, 6.07) is 0. The van der Waals surface area contributed by atoms with Gasteiger partial charge in [0.15, 0.2) is 0 Å². The van der Waals surface area contributed by atoms with E-state index in [0.29, 0.717) is 25.2 Å². The van der Waals surface area contributed by atoms with Crippen molar-refractivity contribution in [3.05, 3.63) is 11.6 Å². The summed E-state index contributed by atoms with van der Waals surface area (Å²) in [5.74, 6) is 5.09. The third-order valence-corrected chi connectivity index (χ3v) is 11.3. The highest BCUT2D eigenvalue weighted by atomic mass is 16.6. The summed E-state index contributed by atoms with van der Waals surface area (Å²) in [5, 5.41) is 11.6. The molecular weight excluding hydrogens is 462 g/mol. The van der Waals surface area contributed by atoms with Gasteiger partial charge in [0, 0.05) is 13.0 Å². The van der Waals surface area contributed by atoms with Crippen LogP contribution in [-0.4, -0.2) is 43.7 Å². The minimum absolute atomic E-state index is 0.000380. The predicted molar refractivity (Wildman–Crippen MR) is 149 cm³/mol. The van der Waals surface area contributed by atoms with E-state index in [2.05, 4.69) is 46.0 Å². The van der Waals surface area contributed by atoms with Crippen LogP contribution < -0.4 is 5.32 Å². The highest BCUT2D eigenvalue weighted by molar-refractivity contribution is 5.67. The van der Waals surface area contributed by atoms with Crippen LogP contribution in [0.5, 0.6) is 0 Å². The summed E-state index contributed by atoms with van der Waals surface area (Å²) in [6.07, 6.45) is 16.3. The van der Waals surface area contributed by atoms with Crippen molar-refractivity contribution in [2.75, 3.05) is 26.4 Å². The van der Waals surface area contributed by atoms with Crippen molar-refractivity contribution in [2.24, 2.45) is 46.3 Å². The molecule has 0 radical (unpaired) electrons. The Morgan fingerprint density at radius 2 is 1.89 bits per heavy atom. The van der Waals surface area contributed by atoms with Crippen LogP contribution in [0.4, 0.5) is 4.79 Å². The van der Waals surface area contributed by atoms with Gasteiger partial charge in [-0.15, -0.1) is 0 Å². The first-order valence-corrected chi connectivity index (χ1v) is 15.5. The highest BCUT2D eigenvalue weighted by Crippen LogP contribution is 2.67. The summed E-state index contributed by atoms with van der Waals surface area (Å²) in [6.45, 7) is 13.6. The lowest BCUT2D eigenvalue weighted by atomic mass is 9.47. The van der Waals surface area contributed by atoms with E-state index in [0.717, 1.165) is 54.8 Å². The minimum atomic E-state index is -0.344. The fourth-order valence-corrected chi connectivity index (χ4v) is 9.34. The molecule has 0 aromatic rings. The molecule has 0 aromatic carbocycles. The number of hydrogen-bond acceptors (Lipinski definition) is 4. The number of carbonyl (C=O) groups excluding carboxylic acids is 1. The predicted octanol–water partition coefficient (Wildman–Crippen LogP) is 7.13. The Hall–Kier alpha value is -1.07. The molecule has 0 aliphatic heterocycles. The number of alkyl carbamates (subject to hydrolysis) is 1. The lowest BCUT2D eigenvalue weighted by Gasteiger charge is -2.58. The van der Waals surface area contributed by atoms with Crippen molar-refractivity contribution < 1.29 is 19.4 Å². The second-order valence-electron chi connectivity index (χ2n) is 13.8. The maximum absolute atomic E-state index is 12.3. The molecule has 37 heavy (non-hydrogen) atoms. The van der Waals surface area contributed by atoms with Gasteiger partial charge < -0.3 is 19.9 Å². The number of aliphatic hydroxyl groups is 1. The van der Waals surface area contributed by atoms with E-state index in [1.807, 2.05) is 0 Å². The van der Waals surface area contributed by atoms with Gasteiger partial charge in [0.1, 0.15) is 6.10 Å². The van der Waals surface area contributed by atoms with Crippen LogP contribution in [0.1, 0.15) is 105 Å². The third-order valence-electron chi connectivity index (χ3n) is 11.3. The Morgan fingerprint density at radius 1 is 1.08 bits per heavy atom. The Bertz CT molecular complexity index is 796. The Labute approximate surface area is 226 Å². The number of hydrogen-bond donors (Lipinski definition) is 2. The quantitative estimate of drug-likeness (QED) is 0.226. The highest BCUT2D eigenvalue weighted by Gasteiger charge is 2.59. The summed E-state index contributed by atoms with van der Waals surface area (Å²) in [7, 11) is 0. The SMILES string of the molecule is CC(C)CCCC(C)C1CCC2C3CC=C4CC(OC(=O)NCCOCCO)CC[C@]4(C)C3CC[C@]12C. The van der Waals surface area contributed by atoms with Crippen LogP contribution in [0.3, 0.4) is 0 Å². The van der Waals surface area contributed by atoms with Crippen molar-refractivity contribution >= 4 is 6.09 Å². The standard InChI is InChI=1S/C32H55NO4/c1-22(2)7-6-8-23(3)27-11-12-28-26-10-9-24-21-25(37-30(35)33-17-19-36-20-18-34)13-15-31(24,4)29(26)14-16-32(27,28)5/h9,22-23,25-29,34H,6-8,10-21H2,1-5H3,(H,33,35)/t23?,25?,26?,27?,28?,29?,31-,32+/m0/s1. The fourth-order valence-electron chi connectivity index (χ4n) is 9.34. The van der Waals surface area contributed by atoms with Crippen LogP contribution >= 0.6 is 0 Å². The van der Waals surface area contributed by atoms with Gasteiger partial charge >= 0.3 is 6.09 Å². The summed E-state index contributed by atoms with van der Waals surface area (Å²) in [5.41, 5.74) is 2.36. The van der Waals surface area contributed by atoms with Crippen molar-refractivity contribution in [1.29, 1.82) is 0 Å². The molecule has 5 nitrogen and oxygen atoms in total. The zero-order valence-corrected chi connectivity index (χ0v) is 24.4. The van der Waals surface area contributed by atoms with Gasteiger partial charge in [-0.3, -0.25) is 0 Å². The smallest absolute Gasteiger partial charge is 0.407 e. The van der Waals surface area contributed by atoms with Crippen LogP contribution in [0, 0.1) is 46.3 Å². The number of amides is 1. The summed E-state index contributed by atoms with van der Waals surface area (Å²) in [4.78, 5) is 12.3. The van der Waals surface area contributed by atoms with Gasteiger partial charge in [-0.1, -0.05) is 65.5 Å². The molecule has 2 N–H and O–H groups in total. The first-order valence-electron chi connectivity index (χ1n) is 15.5. The molecule has 0 aromatic heterocycles. The number of nitrogens with one attached hydrogen (secondary N) is 1. The molecule has 4 rings (SSSR count). The second-order valence-corrected chi connectivity index (χ2v) is 13.8. The lowest BCUT2D eigenvalue weighted by molar-refractivity contribution is -0.0581. The monoisotopic (exact) mass is 517 g/mol. The van der Waals surface area contributed by atoms with Gasteiger partial charge in [-0.2, -0.15) is 0 Å². The average Bonchev–Trinajstić information content (AvgIpc) is 3.21. The van der Waals surface area contributed by atoms with E-state index in [1.54, 1.807) is 5.57 Å². The molecule has 5 heteroatoms. The molecule has 0 bridgehead atoms. The van der Waals surface area contributed by atoms with E-state index < -0.39 is 0 Å². The summed E-state index contributed by atoms with van der Waals surface area (Å²) < 4.78 is 11.0. The van der Waals surface area contributed by atoms with Crippen molar-refractivity contribution in [3.8, 4) is 0 Å². The zero-order chi connectivity index (χ0) is 26.6. The van der Waals surface area contributed by atoms with Gasteiger partial charge in [0.05, 0.1) is 19.8 Å². The minimum Gasteiger partial charge on any atom is -0.446 e. The fraction of sp³-hybridized carbons (Fsp3) is 0.906. The molecule has 4 aliphatic carbocycles. The van der Waals surface area contributed by atoms with E-state index >= 15 is 0 Å². The Morgan fingerprint density at radius 3 is 2.65 bits per heavy atom. The van der Waals surface area contributed by atoms with Gasteiger partial charge in [0.2, 0.25) is 0 Å². The number of aliphatic hydroxyl groups excluding tert-OH is 1. The third kappa shape index (κ3) is 6.24. The maximum Gasteiger partial charge on any atom is 0.407 e. The number of fused-ring (bicyclic) bond motifs is 5. The van der Waals surface area contributed by atoms with Crippen molar-refractivity contribution in [1.82, 2.24) is 5.32 Å². The number of ether oxygens (including phenoxy) is 2. The van der Waals surface area contributed by atoms with E-state index in [1.165, 1.54) is 51.4 Å². The van der Waals surface area contributed by atoms with Crippen LogP contribution in [0.15, 0.2) is 11.6 Å². The number of carbonyl (C=O) groups is 1. The molecule has 0 heterocycles. The van der Waals surface area contributed by atoms with Crippen LogP contribution in [0.2, 0.25) is 0 Å². The molecule has 4 aliphatic rings. The maximum atomic E-state index is 12.3. The number of allylic oxidation sites excluding steroid dienone is 1. The van der Waals surface area contributed by atoms with Crippen LogP contribution in [-0.2, 0) is 9.47 Å². The average molecular weight is 518 g/mol. The van der Waals surface area contributed by atoms with Gasteiger partial charge in [-0.25, -0.2) is 4.79 Å². The molecule has 1 amide bonds.